The predicted molar refractivity (Wildman–Crippen MR) is 94.6 cm³/mol. The summed E-state index contributed by atoms with van der Waals surface area (Å²) in [6, 6.07) is 1.07. The topological polar surface area (TPSA) is 43.9 Å². The largest absolute Gasteiger partial charge is 0.339 e. The van der Waals surface area contributed by atoms with Crippen molar-refractivity contribution in [2.24, 2.45) is 0 Å². The van der Waals surface area contributed by atoms with Crippen LogP contribution in [0.4, 0.5) is 0 Å². The minimum absolute atomic E-state index is 0.121. The zero-order valence-electron chi connectivity index (χ0n) is 15.4. The number of hydrogen-bond acceptors (Lipinski definition) is 3. The van der Waals surface area contributed by atoms with E-state index < -0.39 is 0 Å². The van der Waals surface area contributed by atoms with Gasteiger partial charge in [0, 0.05) is 44.6 Å². The summed E-state index contributed by atoms with van der Waals surface area (Å²) in [7, 11) is 0. The quantitative estimate of drug-likeness (QED) is 0.791. The summed E-state index contributed by atoms with van der Waals surface area (Å²) in [5.74, 6) is 0.400. The van der Waals surface area contributed by atoms with E-state index in [0.29, 0.717) is 18.5 Å². The molecule has 0 unspecified atom stereocenters. The van der Waals surface area contributed by atoms with Crippen LogP contribution < -0.4 is 0 Å². The molecule has 3 saturated heterocycles. The van der Waals surface area contributed by atoms with E-state index in [1.165, 1.54) is 19.4 Å². The Bertz CT molecular complexity index is 468. The van der Waals surface area contributed by atoms with Crippen LogP contribution in [0.15, 0.2) is 0 Å². The maximum absolute atomic E-state index is 13.0. The van der Waals surface area contributed by atoms with Gasteiger partial charge in [-0.3, -0.25) is 14.5 Å². The molecule has 0 saturated carbocycles. The lowest BCUT2D eigenvalue weighted by molar-refractivity contribution is -0.138. The Hall–Kier alpha value is -1.10. The van der Waals surface area contributed by atoms with Gasteiger partial charge >= 0.3 is 0 Å². The monoisotopic (exact) mass is 335 g/mol. The second kappa shape index (κ2) is 7.85. The van der Waals surface area contributed by atoms with Crippen LogP contribution in [0.2, 0.25) is 0 Å². The third-order valence-corrected chi connectivity index (χ3v) is 6.33. The maximum Gasteiger partial charge on any atom is 0.224 e. The molecule has 0 aromatic rings. The number of likely N-dealkylation sites (tertiary alicyclic amines) is 3. The molecule has 24 heavy (non-hydrogen) atoms. The molecule has 3 heterocycles. The van der Waals surface area contributed by atoms with Crippen LogP contribution in [0.25, 0.3) is 0 Å². The molecule has 0 aromatic carbocycles. The summed E-state index contributed by atoms with van der Waals surface area (Å²) in [5, 5.41) is 0. The van der Waals surface area contributed by atoms with Crippen LogP contribution in [0.1, 0.15) is 65.2 Å². The molecular formula is C19H33N3O2. The predicted octanol–water partition coefficient (Wildman–Crippen LogP) is 2.25. The molecule has 136 valence electrons. The van der Waals surface area contributed by atoms with Gasteiger partial charge in [-0.2, -0.15) is 0 Å². The van der Waals surface area contributed by atoms with Crippen LogP contribution in [-0.4, -0.2) is 70.8 Å². The van der Waals surface area contributed by atoms with Crippen molar-refractivity contribution in [1.82, 2.24) is 14.7 Å². The fourth-order valence-electron chi connectivity index (χ4n) is 5.13. The number of piperidine rings is 1. The average molecular weight is 335 g/mol. The van der Waals surface area contributed by atoms with Crippen molar-refractivity contribution in [3.05, 3.63) is 0 Å². The number of likely N-dealkylation sites (N-methyl/N-ethyl adjacent to an activating group) is 1. The van der Waals surface area contributed by atoms with E-state index in [1.807, 2.05) is 4.90 Å². The summed E-state index contributed by atoms with van der Waals surface area (Å²) in [4.78, 5) is 31.5. The first-order chi connectivity index (χ1) is 11.6. The van der Waals surface area contributed by atoms with E-state index in [-0.39, 0.29) is 17.9 Å². The zero-order chi connectivity index (χ0) is 17.1. The smallest absolute Gasteiger partial charge is 0.224 e. The Kier molecular flexibility index (Phi) is 5.80. The first-order valence-electron chi connectivity index (χ1n) is 9.92. The number of hydrogen-bond donors (Lipinski definition) is 0. The lowest BCUT2D eigenvalue weighted by atomic mass is 9.97. The van der Waals surface area contributed by atoms with Gasteiger partial charge in [0.15, 0.2) is 0 Å². The Morgan fingerprint density at radius 3 is 2.33 bits per heavy atom. The second-order valence-electron chi connectivity index (χ2n) is 7.70. The minimum Gasteiger partial charge on any atom is -0.339 e. The molecule has 0 aromatic heterocycles. The highest BCUT2D eigenvalue weighted by atomic mass is 16.2. The van der Waals surface area contributed by atoms with Crippen LogP contribution in [0.3, 0.4) is 0 Å². The van der Waals surface area contributed by atoms with Crippen LogP contribution in [0.5, 0.6) is 0 Å². The van der Waals surface area contributed by atoms with Crippen molar-refractivity contribution in [3.63, 3.8) is 0 Å². The van der Waals surface area contributed by atoms with Gasteiger partial charge in [0.05, 0.1) is 0 Å². The van der Waals surface area contributed by atoms with E-state index in [2.05, 4.69) is 16.7 Å². The number of carbonyl (C=O) groups excluding carboxylic acids is 2. The Morgan fingerprint density at radius 2 is 1.58 bits per heavy atom. The van der Waals surface area contributed by atoms with Gasteiger partial charge in [0.1, 0.15) is 0 Å². The van der Waals surface area contributed by atoms with Crippen molar-refractivity contribution >= 4 is 11.8 Å². The lowest BCUT2D eigenvalue weighted by Crippen LogP contribution is -2.50. The standard InChI is InChI=1S/C19H33N3O2/c1-3-20-11-6-9-17(20)18-10-7-13-22(18)19(24)14-16-8-4-5-12-21(16)15(2)23/h16-18H,3-14H2,1-2H3/t16-,17+,18+/m0/s1. The van der Waals surface area contributed by atoms with Crippen molar-refractivity contribution in [3.8, 4) is 0 Å². The van der Waals surface area contributed by atoms with E-state index >= 15 is 0 Å². The molecule has 0 radical (unpaired) electrons. The average Bonchev–Trinajstić information content (AvgIpc) is 3.23. The van der Waals surface area contributed by atoms with E-state index in [9.17, 15) is 9.59 Å². The molecule has 2 amide bonds. The van der Waals surface area contributed by atoms with Crippen molar-refractivity contribution in [2.45, 2.75) is 83.3 Å². The van der Waals surface area contributed by atoms with Gasteiger partial charge in [-0.1, -0.05) is 6.92 Å². The molecule has 5 nitrogen and oxygen atoms in total. The number of carbonyl (C=O) groups is 2. The summed E-state index contributed by atoms with van der Waals surface area (Å²) >= 11 is 0. The van der Waals surface area contributed by atoms with Crippen molar-refractivity contribution < 1.29 is 9.59 Å². The number of rotatable bonds is 4. The van der Waals surface area contributed by atoms with Crippen LogP contribution in [0, 0.1) is 0 Å². The molecule has 5 heteroatoms. The fraction of sp³-hybridized carbons (Fsp3) is 0.895. The summed E-state index contributed by atoms with van der Waals surface area (Å²) in [6.45, 7) is 7.86. The van der Waals surface area contributed by atoms with Gasteiger partial charge in [0.25, 0.3) is 0 Å². The minimum atomic E-state index is 0.121. The second-order valence-corrected chi connectivity index (χ2v) is 7.70. The summed E-state index contributed by atoms with van der Waals surface area (Å²) in [5.41, 5.74) is 0. The van der Waals surface area contributed by atoms with E-state index in [4.69, 9.17) is 0 Å². The van der Waals surface area contributed by atoms with Gasteiger partial charge in [0.2, 0.25) is 11.8 Å². The molecule has 0 aliphatic carbocycles. The molecule has 3 aliphatic rings. The van der Waals surface area contributed by atoms with Crippen LogP contribution in [-0.2, 0) is 9.59 Å². The Morgan fingerprint density at radius 1 is 0.875 bits per heavy atom. The number of amides is 2. The normalized spacial score (nSPS) is 31.7. The number of nitrogens with zero attached hydrogens (tertiary/aromatic N) is 3. The lowest BCUT2D eigenvalue weighted by Gasteiger charge is -2.38. The molecular weight excluding hydrogens is 302 g/mol. The summed E-state index contributed by atoms with van der Waals surface area (Å²) < 4.78 is 0. The molecule has 0 N–H and O–H groups in total. The highest BCUT2D eigenvalue weighted by molar-refractivity contribution is 5.79. The van der Waals surface area contributed by atoms with Crippen LogP contribution >= 0.6 is 0 Å². The Balaban J connectivity index is 1.64. The molecule has 0 spiro atoms. The molecule has 3 atom stereocenters. The highest BCUT2D eigenvalue weighted by Gasteiger charge is 2.40. The van der Waals surface area contributed by atoms with E-state index in [1.54, 1.807) is 6.92 Å². The third kappa shape index (κ3) is 3.61. The maximum atomic E-state index is 13.0. The zero-order valence-corrected chi connectivity index (χ0v) is 15.4. The van der Waals surface area contributed by atoms with Crippen molar-refractivity contribution in [1.29, 1.82) is 0 Å². The molecule has 3 rings (SSSR count). The van der Waals surface area contributed by atoms with E-state index in [0.717, 1.165) is 51.7 Å². The van der Waals surface area contributed by atoms with Gasteiger partial charge < -0.3 is 9.80 Å². The first kappa shape index (κ1) is 17.7. The van der Waals surface area contributed by atoms with Gasteiger partial charge in [-0.15, -0.1) is 0 Å². The fourth-order valence-corrected chi connectivity index (χ4v) is 5.13. The third-order valence-electron chi connectivity index (χ3n) is 6.33. The molecule has 3 fully saturated rings. The first-order valence-corrected chi connectivity index (χ1v) is 9.92. The highest BCUT2D eigenvalue weighted by Crippen LogP contribution is 2.31. The van der Waals surface area contributed by atoms with Gasteiger partial charge in [-0.25, -0.2) is 0 Å². The van der Waals surface area contributed by atoms with Gasteiger partial charge in [-0.05, 0) is 58.0 Å². The molecule has 3 aliphatic heterocycles. The summed E-state index contributed by atoms with van der Waals surface area (Å²) in [6.07, 6.45) is 8.48. The Labute approximate surface area is 146 Å². The SMILES string of the molecule is CCN1CCC[C@@H]1[C@H]1CCCN1C(=O)C[C@@H]1CCCCN1C(C)=O. The van der Waals surface area contributed by atoms with Crippen molar-refractivity contribution in [2.75, 3.05) is 26.2 Å². The molecule has 0 bridgehead atoms.